The van der Waals surface area contributed by atoms with E-state index in [0.29, 0.717) is 12.5 Å². The standard InChI is InChI=1S/C23H25N5O2/c29-23(21-3-1-2-10-30-21)28-8-6-16(7-9-28)20-5-4-17-11-18(14-26-22(17)27-20)19-12-24-15-25-13-19/h4-5,11-16,21H,1-3,6-10H2. The maximum absolute atomic E-state index is 12.7. The minimum absolute atomic E-state index is 0.165. The van der Waals surface area contributed by atoms with Crippen LogP contribution in [0.25, 0.3) is 22.2 Å². The molecule has 30 heavy (non-hydrogen) atoms. The first-order valence-electron chi connectivity index (χ1n) is 10.7. The SMILES string of the molecule is O=C(C1CCCCO1)N1CCC(c2ccc3cc(-c4cncnc4)cnc3n2)CC1. The fourth-order valence-corrected chi connectivity index (χ4v) is 4.39. The van der Waals surface area contributed by atoms with Gasteiger partial charge in [-0.25, -0.2) is 19.9 Å². The van der Waals surface area contributed by atoms with Crippen LogP contribution in [-0.4, -0.2) is 56.5 Å². The molecule has 154 valence electrons. The molecule has 0 bridgehead atoms. The molecule has 3 aromatic rings. The van der Waals surface area contributed by atoms with Gasteiger partial charge in [0.2, 0.25) is 0 Å². The van der Waals surface area contributed by atoms with Crippen molar-refractivity contribution in [2.75, 3.05) is 19.7 Å². The molecule has 0 aromatic carbocycles. The molecule has 1 unspecified atom stereocenters. The molecule has 0 N–H and O–H groups in total. The predicted molar refractivity (Wildman–Crippen MR) is 113 cm³/mol. The molecular weight excluding hydrogens is 378 g/mol. The summed E-state index contributed by atoms with van der Waals surface area (Å²) in [7, 11) is 0. The van der Waals surface area contributed by atoms with Crippen LogP contribution >= 0.6 is 0 Å². The average Bonchev–Trinajstić information content (AvgIpc) is 2.84. The van der Waals surface area contributed by atoms with E-state index in [1.165, 1.54) is 6.33 Å². The maximum atomic E-state index is 12.7. The number of amides is 1. The fraction of sp³-hybridized carbons (Fsp3) is 0.435. The van der Waals surface area contributed by atoms with E-state index in [-0.39, 0.29) is 12.0 Å². The van der Waals surface area contributed by atoms with Crippen molar-refractivity contribution in [3.63, 3.8) is 0 Å². The lowest BCUT2D eigenvalue weighted by Crippen LogP contribution is -2.45. The van der Waals surface area contributed by atoms with Crippen molar-refractivity contribution < 1.29 is 9.53 Å². The number of hydrogen-bond acceptors (Lipinski definition) is 6. The Labute approximate surface area is 175 Å². The van der Waals surface area contributed by atoms with Gasteiger partial charge in [0.25, 0.3) is 5.91 Å². The first-order chi connectivity index (χ1) is 14.8. The van der Waals surface area contributed by atoms with E-state index in [1.807, 2.05) is 11.1 Å². The molecule has 1 amide bonds. The van der Waals surface area contributed by atoms with Crippen LogP contribution in [-0.2, 0) is 9.53 Å². The topological polar surface area (TPSA) is 81.1 Å². The summed E-state index contributed by atoms with van der Waals surface area (Å²) < 4.78 is 5.67. The summed E-state index contributed by atoms with van der Waals surface area (Å²) in [5.74, 6) is 0.522. The number of piperidine rings is 1. The Balaban J connectivity index is 1.27. The van der Waals surface area contributed by atoms with Gasteiger partial charge in [-0.3, -0.25) is 4.79 Å². The van der Waals surface area contributed by atoms with Crippen LogP contribution in [0.15, 0.2) is 43.1 Å². The average molecular weight is 403 g/mol. The molecule has 0 radical (unpaired) electrons. The number of carbonyl (C=O) groups is 1. The van der Waals surface area contributed by atoms with E-state index in [4.69, 9.17) is 9.72 Å². The molecular formula is C23H25N5O2. The summed E-state index contributed by atoms with van der Waals surface area (Å²) in [5, 5.41) is 1.00. The first-order valence-corrected chi connectivity index (χ1v) is 10.7. The highest BCUT2D eigenvalue weighted by molar-refractivity contribution is 5.81. The van der Waals surface area contributed by atoms with Crippen molar-refractivity contribution in [2.24, 2.45) is 0 Å². The Morgan fingerprint density at radius 2 is 1.83 bits per heavy atom. The lowest BCUT2D eigenvalue weighted by Gasteiger charge is -2.35. The second-order valence-corrected chi connectivity index (χ2v) is 8.09. The van der Waals surface area contributed by atoms with Gasteiger partial charge < -0.3 is 9.64 Å². The second kappa shape index (κ2) is 8.44. The van der Waals surface area contributed by atoms with Gasteiger partial charge in [0.05, 0.1) is 0 Å². The van der Waals surface area contributed by atoms with Gasteiger partial charge in [-0.1, -0.05) is 0 Å². The Morgan fingerprint density at radius 3 is 2.60 bits per heavy atom. The lowest BCUT2D eigenvalue weighted by molar-refractivity contribution is -0.147. The molecule has 2 fully saturated rings. The number of fused-ring (bicyclic) bond motifs is 1. The summed E-state index contributed by atoms with van der Waals surface area (Å²) in [6.07, 6.45) is 11.5. The molecule has 5 rings (SSSR count). The zero-order valence-corrected chi connectivity index (χ0v) is 16.9. The monoisotopic (exact) mass is 403 g/mol. The molecule has 7 heteroatoms. The third kappa shape index (κ3) is 3.89. The van der Waals surface area contributed by atoms with Gasteiger partial charge in [-0.2, -0.15) is 0 Å². The highest BCUT2D eigenvalue weighted by Gasteiger charge is 2.30. The molecule has 0 spiro atoms. The number of pyridine rings is 2. The number of aromatic nitrogens is 4. The van der Waals surface area contributed by atoms with Crippen molar-refractivity contribution >= 4 is 16.9 Å². The molecule has 2 aliphatic rings. The van der Waals surface area contributed by atoms with Crippen molar-refractivity contribution in [3.05, 3.63) is 48.8 Å². The van der Waals surface area contributed by atoms with E-state index in [0.717, 1.165) is 73.0 Å². The smallest absolute Gasteiger partial charge is 0.251 e. The molecule has 0 saturated carbocycles. The van der Waals surface area contributed by atoms with Crippen molar-refractivity contribution in [2.45, 2.75) is 44.1 Å². The zero-order chi connectivity index (χ0) is 20.3. The van der Waals surface area contributed by atoms with Crippen LogP contribution in [0, 0.1) is 0 Å². The summed E-state index contributed by atoms with van der Waals surface area (Å²) in [4.78, 5) is 32.2. The third-order valence-electron chi connectivity index (χ3n) is 6.14. The number of hydrogen-bond donors (Lipinski definition) is 0. The van der Waals surface area contributed by atoms with Gasteiger partial charge in [-0.15, -0.1) is 0 Å². The molecule has 2 aliphatic heterocycles. The second-order valence-electron chi connectivity index (χ2n) is 8.09. The quantitative estimate of drug-likeness (QED) is 0.667. The van der Waals surface area contributed by atoms with Gasteiger partial charge in [0.15, 0.2) is 5.65 Å². The molecule has 5 heterocycles. The number of rotatable bonds is 3. The fourth-order valence-electron chi connectivity index (χ4n) is 4.39. The summed E-state index contributed by atoms with van der Waals surface area (Å²) >= 11 is 0. The minimum Gasteiger partial charge on any atom is -0.368 e. The van der Waals surface area contributed by atoms with E-state index >= 15 is 0 Å². The summed E-state index contributed by atoms with van der Waals surface area (Å²) in [6.45, 7) is 2.24. The van der Waals surface area contributed by atoms with Crippen molar-refractivity contribution in [1.82, 2.24) is 24.8 Å². The zero-order valence-electron chi connectivity index (χ0n) is 16.9. The van der Waals surface area contributed by atoms with Gasteiger partial charge in [0.1, 0.15) is 12.4 Å². The Kier molecular flexibility index (Phi) is 5.36. The van der Waals surface area contributed by atoms with Crippen LogP contribution < -0.4 is 0 Å². The highest BCUT2D eigenvalue weighted by atomic mass is 16.5. The van der Waals surface area contributed by atoms with E-state index < -0.39 is 0 Å². The molecule has 0 aliphatic carbocycles. The molecule has 1 atom stereocenters. The summed E-state index contributed by atoms with van der Waals surface area (Å²) in [6, 6.07) is 6.26. The number of likely N-dealkylation sites (tertiary alicyclic amines) is 1. The third-order valence-corrected chi connectivity index (χ3v) is 6.14. The largest absolute Gasteiger partial charge is 0.368 e. The highest BCUT2D eigenvalue weighted by Crippen LogP contribution is 2.29. The normalized spacial score (nSPS) is 20.4. The van der Waals surface area contributed by atoms with Crippen LogP contribution in [0.3, 0.4) is 0 Å². The van der Waals surface area contributed by atoms with Gasteiger partial charge >= 0.3 is 0 Å². The summed E-state index contributed by atoms with van der Waals surface area (Å²) in [5.41, 5.74) is 3.73. The minimum atomic E-state index is -0.234. The molecule has 3 aromatic heterocycles. The predicted octanol–water partition coefficient (Wildman–Crippen LogP) is 3.36. The van der Waals surface area contributed by atoms with Gasteiger partial charge in [-0.05, 0) is 50.3 Å². The molecule has 2 saturated heterocycles. The van der Waals surface area contributed by atoms with Gasteiger partial charge in [0, 0.05) is 66.4 Å². The van der Waals surface area contributed by atoms with E-state index in [9.17, 15) is 4.79 Å². The van der Waals surface area contributed by atoms with E-state index in [2.05, 4.69) is 33.2 Å². The Bertz CT molecular complexity index is 1030. The van der Waals surface area contributed by atoms with E-state index in [1.54, 1.807) is 12.4 Å². The molecule has 7 nitrogen and oxygen atoms in total. The van der Waals surface area contributed by atoms with Crippen molar-refractivity contribution in [1.29, 1.82) is 0 Å². The number of nitrogens with zero attached hydrogens (tertiary/aromatic N) is 5. The maximum Gasteiger partial charge on any atom is 0.251 e. The Hall–Kier alpha value is -2.93. The van der Waals surface area contributed by atoms with Crippen LogP contribution in [0.4, 0.5) is 0 Å². The number of carbonyl (C=O) groups excluding carboxylic acids is 1. The first kappa shape index (κ1) is 19.1. The lowest BCUT2D eigenvalue weighted by atomic mass is 9.92. The van der Waals surface area contributed by atoms with Crippen LogP contribution in [0.2, 0.25) is 0 Å². The van der Waals surface area contributed by atoms with Crippen LogP contribution in [0.5, 0.6) is 0 Å². The number of ether oxygens (including phenoxy) is 1. The van der Waals surface area contributed by atoms with Crippen LogP contribution in [0.1, 0.15) is 43.7 Å². The van der Waals surface area contributed by atoms with Crippen molar-refractivity contribution in [3.8, 4) is 11.1 Å². The Morgan fingerprint density at radius 1 is 1.00 bits per heavy atom.